The Morgan fingerprint density at radius 1 is 0.318 bits per heavy atom. The summed E-state index contributed by atoms with van der Waals surface area (Å²) in [5, 5.41) is 42.0. The molecule has 0 aromatic carbocycles. The van der Waals surface area contributed by atoms with E-state index in [-0.39, 0.29) is 48.7 Å². The van der Waals surface area contributed by atoms with Gasteiger partial charge in [0.1, 0.15) is 69.8 Å². The molecule has 2 atom stereocenters. The number of alkyl halides is 4. The molecule has 12 aromatic heterocycles. The number of nitrogens with zero attached hydrogens (tertiary/aromatic N) is 28. The second-order valence-electron chi connectivity index (χ2n) is 36.8. The topological polar surface area (TPSA) is 326 Å². The molecular weight excluding hydrogens is 1690 g/mol. The minimum absolute atomic E-state index is 0.0395. The molecule has 132 heavy (non-hydrogen) atoms. The van der Waals surface area contributed by atoms with E-state index in [4.69, 9.17) is 19.9 Å². The van der Waals surface area contributed by atoms with Crippen LogP contribution in [0.4, 0.5) is 87.4 Å². The zero-order chi connectivity index (χ0) is 91.2. The molecule has 0 radical (unpaired) electrons. The lowest BCUT2D eigenvalue weighted by Gasteiger charge is -2.38. The predicted octanol–water partition coefficient (Wildman–Crippen LogP) is 10.8. The molecule has 692 valence electrons. The van der Waals surface area contributed by atoms with Gasteiger partial charge in [0, 0.05) is 204 Å². The fraction of sp³-hybridized carbons (Fsp3) is 0.500. The zero-order valence-corrected chi connectivity index (χ0v) is 76.0. The molecule has 4 N–H and O–H groups in total. The average Bonchev–Trinajstić information content (AvgIpc) is 1.26. The first kappa shape index (κ1) is 89.0. The highest BCUT2D eigenvalue weighted by Crippen LogP contribution is 2.52. The van der Waals surface area contributed by atoms with Crippen molar-refractivity contribution in [3.05, 3.63) is 168 Å². The van der Waals surface area contributed by atoms with Gasteiger partial charge in [0.2, 0.25) is 0 Å². The number of aliphatic hydroxyl groups excluding tert-OH is 4. The van der Waals surface area contributed by atoms with Crippen LogP contribution in [0, 0.1) is 27.7 Å². The molecule has 4 aliphatic carbocycles. The van der Waals surface area contributed by atoms with Crippen molar-refractivity contribution in [2.75, 3.05) is 230 Å². The standard InChI is InChI=1S/C25H30FN7O.C24H28FN7O.C24H30FN7O.C23H28FN7O/c1-17-4-2-8-27-22(17)31-10-12-32(13-11-31)23-19-14-21(33-9-5-18(34)16-33)28-15-20(19)29-24(30-23)25(26)6-3-7-25;1-16-3-2-7-26-21(16)30-9-11-31(12-10-30)22-18-13-20(32-8-4-17(33)15-32)27-14-19(18)28-23(29-22)24(25)5-6-24;1-17-5-3-8-26-21(17)31-9-11-32(12-10-31)22-18-15-20(30(2)13-14-33)27-16-19(18)28-23(29-22)24(25)6-4-7-24;1-16-4-3-7-25-20(16)30-8-10-31(11-9-30)21-17-14-19(29(2)12-13-32)26-15-18(17)27-22(28-21)23(24)5-6-23/h2,4,8,14-15,18,34H,3,5-7,9-13,16H2,1H3;2-3,7,13-14,17,33H,4-6,8-12,15H2,1H3;3,5,8,15-16,33H,4,6-7,9-14H2,1-2H3;3-4,7,14-15,32H,5-6,8-13H2,1-2H3/t18-;17-;;/m00../s1. The van der Waals surface area contributed by atoms with Gasteiger partial charge >= 0.3 is 0 Å². The number of likely N-dealkylation sites (N-methyl/N-ethyl adjacent to an activating group) is 2. The smallest absolute Gasteiger partial charge is 0.170 e. The number of aromatic nitrogens is 16. The number of fused-ring (bicyclic) bond motifs is 4. The van der Waals surface area contributed by atoms with Crippen LogP contribution in [0.15, 0.2) is 122 Å². The summed E-state index contributed by atoms with van der Waals surface area (Å²) < 4.78 is 60.6. The molecule has 6 aliphatic heterocycles. The van der Waals surface area contributed by atoms with Crippen LogP contribution in [0.5, 0.6) is 0 Å². The first-order chi connectivity index (χ1) is 64.0. The number of anilines is 12. The molecule has 0 bridgehead atoms. The van der Waals surface area contributed by atoms with E-state index in [0.717, 1.165) is 252 Å². The molecule has 10 aliphatic rings. The van der Waals surface area contributed by atoms with Gasteiger partial charge in [-0.3, -0.25) is 0 Å². The van der Waals surface area contributed by atoms with Gasteiger partial charge in [-0.15, -0.1) is 0 Å². The summed E-state index contributed by atoms with van der Waals surface area (Å²) in [6, 6.07) is 24.0. The SMILES string of the molecule is Cc1cccnc1N1CCN(c2nc(C3(F)CC3)nc3cnc(N(C)CCO)cc23)CC1.Cc1cccnc1N1CCN(c2nc(C3(F)CC3)nc3cnc(N4CC[C@H](O)C4)cc23)CC1.Cc1cccnc1N1CCN(c2nc(C3(F)CCC3)nc3cnc(N(C)CCO)cc23)CC1.Cc1cccnc1N1CCN(c2nc(C3(F)CCC3)nc3cnc(N4CC[C@H](O)C4)cc23)CC1. The Labute approximate surface area is 765 Å². The number of hydrogen-bond acceptors (Lipinski definition) is 32. The van der Waals surface area contributed by atoms with Crippen molar-refractivity contribution in [3.63, 3.8) is 0 Å². The molecule has 18 heterocycles. The molecule has 6 saturated heterocycles. The molecule has 22 rings (SSSR count). The van der Waals surface area contributed by atoms with Gasteiger partial charge in [-0.05, 0) is 176 Å². The summed E-state index contributed by atoms with van der Waals surface area (Å²) in [4.78, 5) is 99.9. The van der Waals surface area contributed by atoms with Crippen LogP contribution in [0.25, 0.3) is 43.6 Å². The third-order valence-electron chi connectivity index (χ3n) is 27.5. The number of pyridine rings is 8. The summed E-state index contributed by atoms with van der Waals surface area (Å²) >= 11 is 0. The van der Waals surface area contributed by atoms with E-state index in [1.165, 1.54) is 5.56 Å². The fourth-order valence-electron chi connectivity index (χ4n) is 18.8. The lowest BCUT2D eigenvalue weighted by Crippen LogP contribution is -2.47. The highest BCUT2D eigenvalue weighted by molar-refractivity contribution is 5.95. The Bertz CT molecular complexity index is 6140. The molecular formula is C96H116F4N28O4. The second kappa shape index (κ2) is 37.4. The predicted molar refractivity (Wildman–Crippen MR) is 507 cm³/mol. The highest BCUT2D eigenvalue weighted by atomic mass is 19.2. The van der Waals surface area contributed by atoms with Gasteiger partial charge < -0.3 is 79.2 Å². The van der Waals surface area contributed by atoms with Crippen molar-refractivity contribution in [1.29, 1.82) is 0 Å². The molecule has 36 heteroatoms. The van der Waals surface area contributed by atoms with Crippen LogP contribution in [0.3, 0.4) is 0 Å². The van der Waals surface area contributed by atoms with Crippen molar-refractivity contribution < 1.29 is 38.0 Å². The van der Waals surface area contributed by atoms with Gasteiger partial charge in [-0.2, -0.15) is 0 Å². The Balaban J connectivity index is 0.000000114. The summed E-state index contributed by atoms with van der Waals surface area (Å²) in [6.07, 6.45) is 20.5. The lowest BCUT2D eigenvalue weighted by atomic mass is 9.81. The van der Waals surface area contributed by atoms with E-state index in [1.54, 1.807) is 24.8 Å². The number of halogens is 4. The van der Waals surface area contributed by atoms with Crippen LogP contribution < -0.4 is 58.8 Å². The Morgan fingerprint density at radius 3 is 0.795 bits per heavy atom. The van der Waals surface area contributed by atoms with Gasteiger partial charge in [0.05, 0.1) is 72.3 Å². The van der Waals surface area contributed by atoms with Crippen LogP contribution in [0.2, 0.25) is 0 Å². The average molecular weight is 1800 g/mol. The Hall–Kier alpha value is -12.3. The van der Waals surface area contributed by atoms with E-state index in [9.17, 15) is 29.2 Å². The molecule has 32 nitrogen and oxygen atoms in total. The first-order valence-electron chi connectivity index (χ1n) is 46.6. The van der Waals surface area contributed by atoms with Crippen LogP contribution in [-0.2, 0) is 22.7 Å². The number of aryl methyl sites for hydroxylation is 4. The summed E-state index contributed by atoms with van der Waals surface area (Å²) in [6.45, 7) is 24.6. The summed E-state index contributed by atoms with van der Waals surface area (Å²) in [7, 11) is 3.77. The molecule has 10 fully saturated rings. The molecule has 0 spiro atoms. The van der Waals surface area contributed by atoms with E-state index >= 15 is 8.78 Å². The largest absolute Gasteiger partial charge is 0.395 e. The summed E-state index contributed by atoms with van der Waals surface area (Å²) in [5.41, 5.74) is 1.60. The van der Waals surface area contributed by atoms with Gasteiger partial charge in [-0.1, -0.05) is 24.3 Å². The van der Waals surface area contributed by atoms with Crippen LogP contribution >= 0.6 is 0 Å². The number of β-amino-alcohol motifs (C(OH)–C–C–N with tert-alkyl or cyclic N) is 2. The first-order valence-corrected chi connectivity index (χ1v) is 46.6. The highest BCUT2D eigenvalue weighted by Gasteiger charge is 2.51. The number of aliphatic hydroxyl groups is 4. The van der Waals surface area contributed by atoms with Crippen molar-refractivity contribution in [2.24, 2.45) is 0 Å². The zero-order valence-electron chi connectivity index (χ0n) is 76.0. The lowest BCUT2D eigenvalue weighted by molar-refractivity contribution is 0.0510. The quantitative estimate of drug-likeness (QED) is 0.0515. The Morgan fingerprint density at radius 2 is 0.568 bits per heavy atom. The maximum absolute atomic E-state index is 15.4. The maximum Gasteiger partial charge on any atom is 0.170 e. The van der Waals surface area contributed by atoms with Crippen molar-refractivity contribution in [3.8, 4) is 0 Å². The van der Waals surface area contributed by atoms with Gasteiger partial charge in [-0.25, -0.2) is 97.3 Å². The van der Waals surface area contributed by atoms with Crippen molar-refractivity contribution in [2.45, 2.75) is 140 Å². The second-order valence-corrected chi connectivity index (χ2v) is 36.8. The fourth-order valence-corrected chi connectivity index (χ4v) is 18.8. The molecule has 0 unspecified atom stereocenters. The maximum atomic E-state index is 15.4. The third kappa shape index (κ3) is 18.6. The van der Waals surface area contributed by atoms with Crippen LogP contribution in [-0.4, -0.2) is 284 Å². The van der Waals surface area contributed by atoms with Crippen molar-refractivity contribution >= 4 is 113 Å². The van der Waals surface area contributed by atoms with E-state index in [2.05, 4.69) is 161 Å². The normalized spacial score (nSPS) is 20.0. The van der Waals surface area contributed by atoms with E-state index < -0.39 is 22.7 Å². The van der Waals surface area contributed by atoms with Gasteiger partial charge in [0.15, 0.2) is 46.0 Å². The monoisotopic (exact) mass is 1800 g/mol. The number of hydrogen-bond donors (Lipinski definition) is 4. The number of rotatable bonds is 20. The minimum Gasteiger partial charge on any atom is -0.395 e. The molecule has 12 aromatic rings. The molecule has 4 saturated carbocycles. The van der Waals surface area contributed by atoms with Gasteiger partial charge in [0.25, 0.3) is 0 Å². The van der Waals surface area contributed by atoms with Crippen molar-refractivity contribution in [1.82, 2.24) is 79.7 Å². The summed E-state index contributed by atoms with van der Waals surface area (Å²) in [5.74, 6) is 11.3. The molecule has 0 amide bonds. The van der Waals surface area contributed by atoms with Crippen LogP contribution in [0.1, 0.15) is 123 Å². The van der Waals surface area contributed by atoms with E-state index in [0.29, 0.717) is 99.6 Å². The number of piperazine rings is 4. The third-order valence-corrected chi connectivity index (χ3v) is 27.5. The Kier molecular flexibility index (Phi) is 25.2. The minimum atomic E-state index is -1.44. The van der Waals surface area contributed by atoms with E-state index in [1.807, 2.05) is 97.2 Å².